The molecular weight excluding hydrogens is 289 g/mol. The average molecular weight is 309 g/mol. The highest BCUT2D eigenvalue weighted by Gasteiger charge is 2.30. The monoisotopic (exact) mass is 308 g/mol. The Balaban J connectivity index is 0.00000200. The van der Waals surface area contributed by atoms with Gasteiger partial charge < -0.3 is 5.32 Å². The quantitative estimate of drug-likeness (QED) is 0.902. The van der Waals surface area contributed by atoms with Crippen LogP contribution in [0.25, 0.3) is 0 Å². The Kier molecular flexibility index (Phi) is 5.86. The number of alkyl halides is 3. The fourth-order valence-corrected chi connectivity index (χ4v) is 2.45. The van der Waals surface area contributed by atoms with Gasteiger partial charge in [-0.3, -0.25) is 4.90 Å². The van der Waals surface area contributed by atoms with Crippen LogP contribution in [-0.4, -0.2) is 30.6 Å². The molecule has 0 aromatic heterocycles. The van der Waals surface area contributed by atoms with Gasteiger partial charge in [0, 0.05) is 32.2 Å². The maximum atomic E-state index is 12.6. The van der Waals surface area contributed by atoms with E-state index in [1.807, 2.05) is 0 Å². The summed E-state index contributed by atoms with van der Waals surface area (Å²) in [5, 5.41) is 3.35. The van der Waals surface area contributed by atoms with Gasteiger partial charge in [0.05, 0.1) is 5.56 Å². The summed E-state index contributed by atoms with van der Waals surface area (Å²) in [5.41, 5.74) is 1.12. The summed E-state index contributed by atoms with van der Waals surface area (Å²) < 4.78 is 37.8. The third-order valence-corrected chi connectivity index (χ3v) is 3.52. The largest absolute Gasteiger partial charge is 0.416 e. The van der Waals surface area contributed by atoms with E-state index in [0.717, 1.165) is 31.7 Å². The molecule has 0 radical (unpaired) electrons. The SMILES string of the molecule is Cc1cc(C(F)(F)F)ccc1CN1CCN[C@H](C)C1.Cl. The smallest absolute Gasteiger partial charge is 0.312 e. The second-order valence-electron chi connectivity index (χ2n) is 5.23. The minimum Gasteiger partial charge on any atom is -0.312 e. The number of rotatable bonds is 2. The molecule has 0 saturated carbocycles. The van der Waals surface area contributed by atoms with E-state index in [2.05, 4.69) is 17.1 Å². The highest BCUT2D eigenvalue weighted by atomic mass is 35.5. The highest BCUT2D eigenvalue weighted by molar-refractivity contribution is 5.85. The van der Waals surface area contributed by atoms with Crippen LogP contribution in [0.4, 0.5) is 13.2 Å². The van der Waals surface area contributed by atoms with Gasteiger partial charge in [0.15, 0.2) is 0 Å². The number of hydrogen-bond donors (Lipinski definition) is 1. The van der Waals surface area contributed by atoms with Crippen LogP contribution in [0.3, 0.4) is 0 Å². The summed E-state index contributed by atoms with van der Waals surface area (Å²) in [6.45, 7) is 7.38. The van der Waals surface area contributed by atoms with E-state index < -0.39 is 11.7 Å². The molecule has 2 rings (SSSR count). The van der Waals surface area contributed by atoms with Gasteiger partial charge in [-0.2, -0.15) is 13.2 Å². The van der Waals surface area contributed by atoms with Gasteiger partial charge in [-0.25, -0.2) is 0 Å². The van der Waals surface area contributed by atoms with Crippen molar-refractivity contribution in [3.8, 4) is 0 Å². The Hall–Kier alpha value is -0.780. The number of hydrogen-bond acceptors (Lipinski definition) is 2. The lowest BCUT2D eigenvalue weighted by Crippen LogP contribution is -2.48. The van der Waals surface area contributed by atoms with E-state index in [1.54, 1.807) is 13.0 Å². The first-order valence-electron chi connectivity index (χ1n) is 6.49. The van der Waals surface area contributed by atoms with Gasteiger partial charge in [-0.05, 0) is 37.1 Å². The molecule has 114 valence electrons. The topological polar surface area (TPSA) is 15.3 Å². The van der Waals surface area contributed by atoms with Crippen LogP contribution >= 0.6 is 12.4 Å². The number of halogens is 4. The maximum Gasteiger partial charge on any atom is 0.416 e. The van der Waals surface area contributed by atoms with Crippen LogP contribution in [0.1, 0.15) is 23.6 Å². The molecule has 0 unspecified atom stereocenters. The van der Waals surface area contributed by atoms with Crippen LogP contribution in [-0.2, 0) is 12.7 Å². The molecule has 0 bridgehead atoms. The predicted molar refractivity (Wildman–Crippen MR) is 76.2 cm³/mol. The van der Waals surface area contributed by atoms with Crippen LogP contribution in [0.2, 0.25) is 0 Å². The molecule has 6 heteroatoms. The second kappa shape index (κ2) is 6.78. The van der Waals surface area contributed by atoms with Crippen molar-refractivity contribution >= 4 is 12.4 Å². The molecule has 1 fully saturated rings. The van der Waals surface area contributed by atoms with Crippen molar-refractivity contribution in [2.45, 2.75) is 32.6 Å². The zero-order valence-corrected chi connectivity index (χ0v) is 12.4. The van der Waals surface area contributed by atoms with Crippen molar-refractivity contribution in [2.24, 2.45) is 0 Å². The zero-order chi connectivity index (χ0) is 14.0. The van der Waals surface area contributed by atoms with Gasteiger partial charge >= 0.3 is 6.18 Å². The fraction of sp³-hybridized carbons (Fsp3) is 0.571. The van der Waals surface area contributed by atoms with E-state index in [1.165, 1.54) is 12.1 Å². The minimum atomic E-state index is -4.26. The summed E-state index contributed by atoms with van der Waals surface area (Å²) in [5.74, 6) is 0. The molecule has 1 aliphatic heterocycles. The van der Waals surface area contributed by atoms with Gasteiger partial charge in [0.2, 0.25) is 0 Å². The number of benzene rings is 1. The number of nitrogens with one attached hydrogen (secondary N) is 1. The van der Waals surface area contributed by atoms with Crippen LogP contribution in [0.5, 0.6) is 0 Å². The summed E-state index contributed by atoms with van der Waals surface area (Å²) in [4.78, 5) is 2.27. The average Bonchev–Trinajstić information content (AvgIpc) is 2.30. The molecule has 2 nitrogen and oxygen atoms in total. The summed E-state index contributed by atoms with van der Waals surface area (Å²) in [7, 11) is 0. The predicted octanol–water partition coefficient (Wildman–Crippen LogP) is 3.23. The van der Waals surface area contributed by atoms with E-state index >= 15 is 0 Å². The summed E-state index contributed by atoms with van der Waals surface area (Å²) in [6.07, 6.45) is -4.26. The summed E-state index contributed by atoms with van der Waals surface area (Å²) >= 11 is 0. The second-order valence-corrected chi connectivity index (χ2v) is 5.23. The Morgan fingerprint density at radius 2 is 2.05 bits per heavy atom. The van der Waals surface area contributed by atoms with E-state index in [9.17, 15) is 13.2 Å². The molecule has 0 aliphatic carbocycles. The lowest BCUT2D eigenvalue weighted by atomic mass is 10.0. The molecule has 1 aromatic carbocycles. The van der Waals surface area contributed by atoms with Crippen molar-refractivity contribution in [2.75, 3.05) is 19.6 Å². The molecule has 1 heterocycles. The molecule has 0 amide bonds. The lowest BCUT2D eigenvalue weighted by molar-refractivity contribution is -0.137. The molecule has 1 atom stereocenters. The van der Waals surface area contributed by atoms with E-state index in [0.29, 0.717) is 11.6 Å². The van der Waals surface area contributed by atoms with Crippen molar-refractivity contribution in [1.29, 1.82) is 0 Å². The first kappa shape index (κ1) is 17.3. The van der Waals surface area contributed by atoms with Gasteiger partial charge in [0.25, 0.3) is 0 Å². The Bertz CT molecular complexity index is 449. The van der Waals surface area contributed by atoms with Crippen molar-refractivity contribution in [3.05, 3.63) is 34.9 Å². The number of piperazine rings is 1. The first-order chi connectivity index (χ1) is 8.86. The standard InChI is InChI=1S/C14H19F3N2.ClH/c1-10-7-13(14(15,16)17)4-3-12(10)9-19-6-5-18-11(2)8-19;/h3-4,7,11,18H,5-6,8-9H2,1-2H3;1H/t11-;/m1./s1. The van der Waals surface area contributed by atoms with Crippen LogP contribution in [0, 0.1) is 6.92 Å². The Labute approximate surface area is 123 Å². The normalized spacial score (nSPS) is 20.6. The van der Waals surface area contributed by atoms with Gasteiger partial charge in [-0.15, -0.1) is 12.4 Å². The molecule has 1 saturated heterocycles. The fourth-order valence-electron chi connectivity index (χ4n) is 2.45. The maximum absolute atomic E-state index is 12.6. The van der Waals surface area contributed by atoms with Crippen molar-refractivity contribution in [1.82, 2.24) is 10.2 Å². The van der Waals surface area contributed by atoms with Crippen LogP contribution in [0.15, 0.2) is 18.2 Å². The molecule has 0 spiro atoms. The van der Waals surface area contributed by atoms with E-state index in [-0.39, 0.29) is 12.4 Å². The minimum absolute atomic E-state index is 0. The summed E-state index contributed by atoms with van der Waals surface area (Å²) in [6, 6.07) is 4.45. The van der Waals surface area contributed by atoms with Crippen LogP contribution < -0.4 is 5.32 Å². The highest BCUT2D eigenvalue weighted by Crippen LogP contribution is 2.30. The van der Waals surface area contributed by atoms with Crippen molar-refractivity contribution in [3.63, 3.8) is 0 Å². The van der Waals surface area contributed by atoms with Gasteiger partial charge in [0.1, 0.15) is 0 Å². The molecule has 20 heavy (non-hydrogen) atoms. The third-order valence-electron chi connectivity index (χ3n) is 3.52. The van der Waals surface area contributed by atoms with Gasteiger partial charge in [-0.1, -0.05) is 6.07 Å². The zero-order valence-electron chi connectivity index (χ0n) is 11.6. The first-order valence-corrected chi connectivity index (χ1v) is 6.49. The molecule has 1 aromatic rings. The van der Waals surface area contributed by atoms with Crippen molar-refractivity contribution < 1.29 is 13.2 Å². The molecule has 1 N–H and O–H groups in total. The number of nitrogens with zero attached hydrogens (tertiary/aromatic N) is 1. The molecule has 1 aliphatic rings. The third kappa shape index (κ3) is 4.36. The lowest BCUT2D eigenvalue weighted by Gasteiger charge is -2.32. The molecular formula is C14H20ClF3N2. The van der Waals surface area contributed by atoms with E-state index in [4.69, 9.17) is 0 Å². The Morgan fingerprint density at radius 1 is 1.35 bits per heavy atom. The number of aryl methyl sites for hydroxylation is 1. The Morgan fingerprint density at radius 3 is 2.60 bits per heavy atom.